The average molecular weight is 182 g/mol. The van der Waals surface area contributed by atoms with Crippen molar-refractivity contribution in [3.63, 3.8) is 0 Å². The third-order valence-corrected chi connectivity index (χ3v) is 2.85. The third-order valence-electron chi connectivity index (χ3n) is 2.85. The second-order valence-corrected chi connectivity index (χ2v) is 5.04. The van der Waals surface area contributed by atoms with E-state index in [9.17, 15) is 0 Å². The van der Waals surface area contributed by atoms with Crippen LogP contribution in [0.25, 0.3) is 0 Å². The quantitative estimate of drug-likeness (QED) is 0.535. The minimum Gasteiger partial charge on any atom is -0.0853 e. The van der Waals surface area contributed by atoms with E-state index in [-0.39, 0.29) is 0 Å². The normalized spacial score (nSPS) is 13.9. The Bertz CT molecular complexity index is 161. The van der Waals surface area contributed by atoms with Gasteiger partial charge in [0.05, 0.1) is 0 Å². The van der Waals surface area contributed by atoms with E-state index in [2.05, 4.69) is 47.6 Å². The molecule has 0 unspecified atom stereocenters. The number of hydrogen-bond acceptors (Lipinski definition) is 0. The fraction of sp³-hybridized carbons (Fsp3) is 0.846. The minimum absolute atomic E-state index is 0.477. The molecule has 78 valence electrons. The lowest BCUT2D eigenvalue weighted by Crippen LogP contribution is -2.13. The maximum atomic E-state index is 2.40. The van der Waals surface area contributed by atoms with Gasteiger partial charge in [-0.15, -0.1) is 0 Å². The van der Waals surface area contributed by atoms with Crippen molar-refractivity contribution in [2.75, 3.05) is 0 Å². The van der Waals surface area contributed by atoms with Crippen LogP contribution in [-0.4, -0.2) is 0 Å². The van der Waals surface area contributed by atoms with Gasteiger partial charge in [-0.05, 0) is 24.2 Å². The molecule has 0 aliphatic carbocycles. The summed E-state index contributed by atoms with van der Waals surface area (Å²) in [6.07, 6.45) is 6.10. The Morgan fingerprint density at radius 3 is 2.08 bits per heavy atom. The van der Waals surface area contributed by atoms with E-state index < -0.39 is 0 Å². The second kappa shape index (κ2) is 5.47. The fourth-order valence-electron chi connectivity index (χ4n) is 1.45. The summed E-state index contributed by atoms with van der Waals surface area (Å²) in [6, 6.07) is 0. The van der Waals surface area contributed by atoms with Crippen molar-refractivity contribution in [2.24, 2.45) is 11.3 Å². The Kier molecular flexibility index (Phi) is 5.36. The first-order chi connectivity index (χ1) is 5.93. The van der Waals surface area contributed by atoms with Gasteiger partial charge in [0, 0.05) is 0 Å². The smallest absolute Gasteiger partial charge is 0.0260 e. The van der Waals surface area contributed by atoms with E-state index in [0.29, 0.717) is 11.3 Å². The Balaban J connectivity index is 4.35. The highest BCUT2D eigenvalue weighted by atomic mass is 14.2. The van der Waals surface area contributed by atoms with E-state index in [0.717, 1.165) is 0 Å². The highest BCUT2D eigenvalue weighted by molar-refractivity contribution is 5.07. The van der Waals surface area contributed by atoms with Gasteiger partial charge in [0.15, 0.2) is 0 Å². The Labute approximate surface area is 84.4 Å². The van der Waals surface area contributed by atoms with Crippen molar-refractivity contribution in [1.29, 1.82) is 0 Å². The van der Waals surface area contributed by atoms with E-state index in [4.69, 9.17) is 0 Å². The molecule has 0 radical (unpaired) electrons. The second-order valence-electron chi connectivity index (χ2n) is 5.04. The lowest BCUT2D eigenvalue weighted by molar-refractivity contribution is 0.337. The molecule has 0 fully saturated rings. The highest BCUT2D eigenvalue weighted by Crippen LogP contribution is 2.31. The van der Waals surface area contributed by atoms with Gasteiger partial charge in [-0.1, -0.05) is 59.6 Å². The molecule has 0 aromatic heterocycles. The van der Waals surface area contributed by atoms with Crippen LogP contribution in [0.5, 0.6) is 0 Å². The summed E-state index contributed by atoms with van der Waals surface area (Å²) < 4.78 is 0. The van der Waals surface area contributed by atoms with Gasteiger partial charge in [0.2, 0.25) is 0 Å². The summed E-state index contributed by atoms with van der Waals surface area (Å²) in [5.74, 6) is 0.714. The molecule has 0 N–H and O–H groups in total. The van der Waals surface area contributed by atoms with Crippen molar-refractivity contribution >= 4 is 0 Å². The average Bonchev–Trinajstić information content (AvgIpc) is 2.03. The molecule has 0 rings (SSSR count). The summed E-state index contributed by atoms with van der Waals surface area (Å²) in [6.45, 7) is 13.8. The standard InChI is InChI=1S/C13H26/c1-7-9-12(11(3)4)10-13(5,6)8-2/h9,11H,7-8,10H2,1-6H3. The van der Waals surface area contributed by atoms with Crippen LogP contribution in [-0.2, 0) is 0 Å². The Morgan fingerprint density at radius 2 is 1.77 bits per heavy atom. The number of hydrogen-bond donors (Lipinski definition) is 0. The van der Waals surface area contributed by atoms with Gasteiger partial charge in [-0.25, -0.2) is 0 Å². The zero-order chi connectivity index (χ0) is 10.5. The molecule has 0 saturated heterocycles. The maximum Gasteiger partial charge on any atom is -0.0260 e. The van der Waals surface area contributed by atoms with Gasteiger partial charge in [0.1, 0.15) is 0 Å². The van der Waals surface area contributed by atoms with Crippen LogP contribution in [0.1, 0.15) is 60.8 Å². The fourth-order valence-corrected chi connectivity index (χ4v) is 1.45. The van der Waals surface area contributed by atoms with Crippen LogP contribution in [0, 0.1) is 11.3 Å². The largest absolute Gasteiger partial charge is 0.0853 e. The number of allylic oxidation sites excluding steroid dienone is 2. The lowest BCUT2D eigenvalue weighted by atomic mass is 9.80. The maximum absolute atomic E-state index is 2.40. The zero-order valence-corrected chi connectivity index (χ0v) is 10.3. The molecule has 0 spiro atoms. The molecule has 0 aromatic rings. The first kappa shape index (κ1) is 12.7. The van der Waals surface area contributed by atoms with Crippen LogP contribution in [0.4, 0.5) is 0 Å². The van der Waals surface area contributed by atoms with Crippen molar-refractivity contribution in [1.82, 2.24) is 0 Å². The SMILES string of the molecule is CCC=C(CC(C)(C)CC)C(C)C. The minimum atomic E-state index is 0.477. The monoisotopic (exact) mass is 182 g/mol. The zero-order valence-electron chi connectivity index (χ0n) is 10.3. The highest BCUT2D eigenvalue weighted by Gasteiger charge is 2.18. The van der Waals surface area contributed by atoms with Crippen molar-refractivity contribution in [3.05, 3.63) is 11.6 Å². The summed E-state index contributed by atoms with van der Waals surface area (Å²) in [4.78, 5) is 0. The molecule has 0 aliphatic heterocycles. The molecular weight excluding hydrogens is 156 g/mol. The first-order valence-corrected chi connectivity index (χ1v) is 5.62. The van der Waals surface area contributed by atoms with Crippen molar-refractivity contribution in [2.45, 2.75) is 60.8 Å². The van der Waals surface area contributed by atoms with Gasteiger partial charge >= 0.3 is 0 Å². The molecule has 0 aromatic carbocycles. The Hall–Kier alpha value is -0.260. The van der Waals surface area contributed by atoms with Gasteiger partial charge in [-0.3, -0.25) is 0 Å². The lowest BCUT2D eigenvalue weighted by Gasteiger charge is -2.26. The summed E-state index contributed by atoms with van der Waals surface area (Å²) in [7, 11) is 0. The predicted octanol–water partition coefficient (Wildman–Crippen LogP) is 4.81. The van der Waals surface area contributed by atoms with E-state index >= 15 is 0 Å². The van der Waals surface area contributed by atoms with Crippen LogP contribution in [0.15, 0.2) is 11.6 Å². The molecule has 0 amide bonds. The van der Waals surface area contributed by atoms with Crippen molar-refractivity contribution < 1.29 is 0 Å². The first-order valence-electron chi connectivity index (χ1n) is 5.62. The number of rotatable bonds is 5. The molecule has 0 atom stereocenters. The van der Waals surface area contributed by atoms with Crippen molar-refractivity contribution in [3.8, 4) is 0 Å². The summed E-state index contributed by atoms with van der Waals surface area (Å²) in [5.41, 5.74) is 2.11. The summed E-state index contributed by atoms with van der Waals surface area (Å²) >= 11 is 0. The molecule has 0 heteroatoms. The van der Waals surface area contributed by atoms with Crippen LogP contribution >= 0.6 is 0 Å². The molecule has 0 nitrogen and oxygen atoms in total. The van der Waals surface area contributed by atoms with E-state index in [1.807, 2.05) is 0 Å². The molecule has 13 heavy (non-hydrogen) atoms. The third kappa shape index (κ3) is 5.13. The molecule has 0 aliphatic rings. The van der Waals surface area contributed by atoms with Crippen LogP contribution in [0.2, 0.25) is 0 Å². The molecular formula is C13H26. The van der Waals surface area contributed by atoms with E-state index in [1.54, 1.807) is 5.57 Å². The van der Waals surface area contributed by atoms with Gasteiger partial charge in [0.25, 0.3) is 0 Å². The van der Waals surface area contributed by atoms with Crippen LogP contribution < -0.4 is 0 Å². The van der Waals surface area contributed by atoms with Gasteiger partial charge in [-0.2, -0.15) is 0 Å². The van der Waals surface area contributed by atoms with E-state index in [1.165, 1.54) is 19.3 Å². The molecule has 0 heterocycles. The van der Waals surface area contributed by atoms with Crippen LogP contribution in [0.3, 0.4) is 0 Å². The summed E-state index contributed by atoms with van der Waals surface area (Å²) in [5, 5.41) is 0. The molecule has 0 saturated carbocycles. The van der Waals surface area contributed by atoms with Gasteiger partial charge < -0.3 is 0 Å². The topological polar surface area (TPSA) is 0 Å². The Morgan fingerprint density at radius 1 is 1.23 bits per heavy atom. The molecule has 0 bridgehead atoms. The predicted molar refractivity (Wildman–Crippen MR) is 61.9 cm³/mol.